The van der Waals surface area contributed by atoms with E-state index in [0.29, 0.717) is 17.4 Å². The Hall–Kier alpha value is -3.53. The van der Waals surface area contributed by atoms with E-state index in [-0.39, 0.29) is 28.3 Å². The summed E-state index contributed by atoms with van der Waals surface area (Å²) in [5.74, 6) is -0.769. The molecule has 4 N–H and O–H groups in total. The summed E-state index contributed by atoms with van der Waals surface area (Å²) in [6, 6.07) is 12.3. The molecule has 29 heavy (non-hydrogen) atoms. The number of fused-ring (bicyclic) bond motifs is 1. The fourth-order valence-electron chi connectivity index (χ4n) is 3.05. The molecule has 0 saturated carbocycles. The first-order valence-corrected chi connectivity index (χ1v) is 8.88. The molecule has 0 aliphatic carbocycles. The van der Waals surface area contributed by atoms with Gasteiger partial charge in [-0.3, -0.25) is 9.59 Å². The van der Waals surface area contributed by atoms with Crippen molar-refractivity contribution >= 4 is 28.2 Å². The molecule has 0 spiro atoms. The molecule has 1 aromatic heterocycles. The highest BCUT2D eigenvalue weighted by Crippen LogP contribution is 2.26. The van der Waals surface area contributed by atoms with Gasteiger partial charge >= 0.3 is 0 Å². The van der Waals surface area contributed by atoms with Gasteiger partial charge in [-0.25, -0.2) is 10.6 Å². The minimum Gasteiger partial charge on any atom is -0.595 e. The molecule has 1 atom stereocenters. The SMILES string of the molecule is CCn1c(=O)c(C(C)=NNC(=O)c2ccc([NH+]([O-])O)cc2)c(O)c2ccccc21. The quantitative estimate of drug-likeness (QED) is 0.381. The fourth-order valence-corrected chi connectivity index (χ4v) is 3.05. The highest BCUT2D eigenvalue weighted by molar-refractivity contribution is 6.06. The number of hydrazone groups is 1. The van der Waals surface area contributed by atoms with Crippen molar-refractivity contribution in [3.8, 4) is 5.75 Å². The van der Waals surface area contributed by atoms with E-state index in [1.807, 2.05) is 6.92 Å². The molecule has 1 unspecified atom stereocenters. The number of rotatable bonds is 5. The molecule has 0 fully saturated rings. The maximum Gasteiger partial charge on any atom is 0.271 e. The van der Waals surface area contributed by atoms with Crippen molar-refractivity contribution in [3.63, 3.8) is 0 Å². The molecule has 9 heteroatoms. The number of benzene rings is 2. The normalized spacial score (nSPS) is 12.8. The van der Waals surface area contributed by atoms with Gasteiger partial charge in [0.1, 0.15) is 11.3 Å². The Morgan fingerprint density at radius 3 is 2.48 bits per heavy atom. The number of nitrogens with one attached hydrogen (secondary N) is 2. The van der Waals surface area contributed by atoms with E-state index < -0.39 is 16.7 Å². The minimum atomic E-state index is -1.09. The molecule has 9 nitrogen and oxygen atoms in total. The molecule has 150 valence electrons. The van der Waals surface area contributed by atoms with Gasteiger partial charge < -0.3 is 14.9 Å². The number of hydrogen-bond acceptors (Lipinski definition) is 6. The lowest BCUT2D eigenvalue weighted by Crippen LogP contribution is -2.99. The Bertz CT molecular complexity index is 1150. The van der Waals surface area contributed by atoms with Gasteiger partial charge in [0, 0.05) is 29.6 Å². The highest BCUT2D eigenvalue weighted by Gasteiger charge is 2.18. The van der Waals surface area contributed by atoms with Crippen molar-refractivity contribution in [2.45, 2.75) is 20.4 Å². The summed E-state index contributed by atoms with van der Waals surface area (Å²) in [6.07, 6.45) is 0. The van der Waals surface area contributed by atoms with Gasteiger partial charge in [0.2, 0.25) is 0 Å². The molecule has 2 aromatic carbocycles. The molecule has 3 rings (SSSR count). The van der Waals surface area contributed by atoms with Crippen molar-refractivity contribution in [1.29, 1.82) is 0 Å². The second-order valence-electron chi connectivity index (χ2n) is 6.31. The predicted octanol–water partition coefficient (Wildman–Crippen LogP) is 1.28. The van der Waals surface area contributed by atoms with Gasteiger partial charge in [-0.15, -0.1) is 0 Å². The number of para-hydroxylation sites is 1. The molecular formula is C20H20N4O5. The third-order valence-electron chi connectivity index (χ3n) is 4.54. The average Bonchev–Trinajstić information content (AvgIpc) is 2.72. The lowest BCUT2D eigenvalue weighted by molar-refractivity contribution is -0.991. The van der Waals surface area contributed by atoms with Crippen LogP contribution in [0.15, 0.2) is 58.4 Å². The van der Waals surface area contributed by atoms with Gasteiger partial charge in [0.15, 0.2) is 5.69 Å². The molecule has 0 radical (unpaired) electrons. The van der Waals surface area contributed by atoms with Gasteiger partial charge in [-0.2, -0.15) is 10.3 Å². The van der Waals surface area contributed by atoms with E-state index in [4.69, 9.17) is 5.21 Å². The van der Waals surface area contributed by atoms with Crippen LogP contribution in [-0.4, -0.2) is 26.5 Å². The Morgan fingerprint density at radius 1 is 1.21 bits per heavy atom. The summed E-state index contributed by atoms with van der Waals surface area (Å²) in [7, 11) is 0. The third-order valence-corrected chi connectivity index (χ3v) is 4.54. The van der Waals surface area contributed by atoms with E-state index >= 15 is 0 Å². The number of carbonyl (C=O) groups excluding carboxylic acids is 1. The molecule has 0 aliphatic rings. The van der Waals surface area contributed by atoms with E-state index in [0.717, 1.165) is 0 Å². The van der Waals surface area contributed by atoms with E-state index in [9.17, 15) is 19.9 Å². The van der Waals surface area contributed by atoms with Crippen LogP contribution in [0.5, 0.6) is 5.75 Å². The number of pyridine rings is 1. The first-order chi connectivity index (χ1) is 13.8. The number of aryl methyl sites for hydroxylation is 1. The number of aromatic hydroxyl groups is 1. The molecule has 0 bridgehead atoms. The second kappa shape index (κ2) is 8.23. The van der Waals surface area contributed by atoms with Crippen LogP contribution < -0.4 is 16.2 Å². The van der Waals surface area contributed by atoms with Crippen LogP contribution in [0, 0.1) is 5.21 Å². The number of carbonyl (C=O) groups is 1. The van der Waals surface area contributed by atoms with Crippen molar-refractivity contribution < 1.29 is 20.3 Å². The summed E-state index contributed by atoms with van der Waals surface area (Å²) >= 11 is 0. The Balaban J connectivity index is 1.94. The van der Waals surface area contributed by atoms with E-state index in [1.165, 1.54) is 35.8 Å². The number of aromatic nitrogens is 1. The largest absolute Gasteiger partial charge is 0.595 e. The molecule has 1 heterocycles. The summed E-state index contributed by atoms with van der Waals surface area (Å²) in [6.45, 7) is 3.74. The molecule has 0 aliphatic heterocycles. The van der Waals surface area contributed by atoms with Crippen LogP contribution in [0.2, 0.25) is 0 Å². The lowest BCUT2D eigenvalue weighted by atomic mass is 10.1. The fraction of sp³-hybridized carbons (Fsp3) is 0.150. The lowest BCUT2D eigenvalue weighted by Gasteiger charge is -2.13. The maximum atomic E-state index is 12.8. The standard InChI is InChI=1S/C20H20N4O5/c1-3-23-16-7-5-4-6-15(16)18(25)17(20(23)27)12(2)21-22-19(26)13-8-10-14(11-9-13)24(28)29/h4-11,24-25,28H,3H2,1-2H3,(H,22,26). The van der Waals surface area contributed by atoms with Gasteiger partial charge in [0.05, 0.1) is 11.2 Å². The van der Waals surface area contributed by atoms with Crippen molar-refractivity contribution in [2.75, 3.05) is 0 Å². The van der Waals surface area contributed by atoms with Crippen LogP contribution in [0.1, 0.15) is 29.8 Å². The predicted molar refractivity (Wildman–Crippen MR) is 107 cm³/mol. The van der Waals surface area contributed by atoms with Crippen LogP contribution in [0.4, 0.5) is 5.69 Å². The molecule has 3 aromatic rings. The Kier molecular flexibility index (Phi) is 5.74. The molecule has 1 amide bonds. The number of quaternary nitrogens is 1. The van der Waals surface area contributed by atoms with Gasteiger partial charge in [-0.1, -0.05) is 12.1 Å². The Labute approximate surface area is 165 Å². The Morgan fingerprint density at radius 2 is 1.86 bits per heavy atom. The summed E-state index contributed by atoms with van der Waals surface area (Å²) in [5.41, 5.74) is 2.95. The van der Waals surface area contributed by atoms with Crippen LogP contribution in [0.25, 0.3) is 10.9 Å². The topological polar surface area (TPSA) is 131 Å². The van der Waals surface area contributed by atoms with Crippen molar-refractivity contribution in [3.05, 3.63) is 75.2 Å². The smallest absolute Gasteiger partial charge is 0.271 e. The molecular weight excluding hydrogens is 376 g/mol. The summed E-state index contributed by atoms with van der Waals surface area (Å²) < 4.78 is 1.52. The monoisotopic (exact) mass is 396 g/mol. The number of nitrogens with zero attached hydrogens (tertiary/aromatic N) is 2. The zero-order chi connectivity index (χ0) is 21.1. The first kappa shape index (κ1) is 20.2. The minimum absolute atomic E-state index is 0.00655. The first-order valence-electron chi connectivity index (χ1n) is 8.88. The number of amides is 1. The average molecular weight is 396 g/mol. The zero-order valence-electron chi connectivity index (χ0n) is 15.8. The zero-order valence-corrected chi connectivity index (χ0v) is 15.8. The number of hydrogen-bond donors (Lipinski definition) is 4. The summed E-state index contributed by atoms with van der Waals surface area (Å²) in [5, 5.41) is 33.8. The highest BCUT2D eigenvalue weighted by atomic mass is 16.8. The van der Waals surface area contributed by atoms with Gasteiger partial charge in [-0.05, 0) is 38.1 Å². The van der Waals surface area contributed by atoms with Gasteiger partial charge in [0.25, 0.3) is 11.5 Å². The van der Waals surface area contributed by atoms with Crippen molar-refractivity contribution in [1.82, 2.24) is 9.99 Å². The van der Waals surface area contributed by atoms with E-state index in [1.54, 1.807) is 24.3 Å². The second-order valence-corrected chi connectivity index (χ2v) is 6.31. The van der Waals surface area contributed by atoms with E-state index in [2.05, 4.69) is 10.5 Å². The van der Waals surface area contributed by atoms with Crippen molar-refractivity contribution in [2.24, 2.45) is 5.10 Å². The third kappa shape index (κ3) is 3.87. The summed E-state index contributed by atoms with van der Waals surface area (Å²) in [4.78, 5) is 25.1. The maximum absolute atomic E-state index is 12.8. The van der Waals surface area contributed by atoms with Crippen LogP contribution in [-0.2, 0) is 6.54 Å². The molecule has 0 saturated heterocycles. The van der Waals surface area contributed by atoms with Crippen LogP contribution in [0.3, 0.4) is 0 Å². The van der Waals surface area contributed by atoms with Crippen LogP contribution >= 0.6 is 0 Å².